The maximum atomic E-state index is 11.5. The molecule has 0 atom stereocenters. The number of amides is 3. The molecule has 0 aliphatic rings. The summed E-state index contributed by atoms with van der Waals surface area (Å²) in [5, 5.41) is 17.0. The summed E-state index contributed by atoms with van der Waals surface area (Å²) in [4.78, 5) is 32.5. The molecule has 0 saturated carbocycles. The Morgan fingerprint density at radius 2 is 1.84 bits per heavy atom. The number of anilines is 1. The number of aryl methyl sites for hydroxylation is 2. The molecule has 38 heavy (non-hydrogen) atoms. The van der Waals surface area contributed by atoms with Crippen molar-refractivity contribution < 1.29 is 14.4 Å². The van der Waals surface area contributed by atoms with Gasteiger partial charge in [0.05, 0.1) is 0 Å². The van der Waals surface area contributed by atoms with Crippen LogP contribution in [-0.2, 0) is 33.8 Å². The fourth-order valence-corrected chi connectivity index (χ4v) is 3.94. The van der Waals surface area contributed by atoms with E-state index in [4.69, 9.17) is 11.5 Å². The lowest BCUT2D eigenvalue weighted by Crippen LogP contribution is -2.24. The number of benzene rings is 1. The van der Waals surface area contributed by atoms with Crippen molar-refractivity contribution in [1.82, 2.24) is 20.8 Å². The van der Waals surface area contributed by atoms with E-state index in [0.717, 1.165) is 37.1 Å². The standard InChI is InChI=1S/C14H21NO.C13H20N6O2S/c1-4-12-6-5-7-13(9-12)10-15-14(16)8-11(2)3;1-9(21)17-11(15)7-6-10(14)4-2-3-5-12-18-19-13(22-12)16-8-20/h5-7,9,11H,4,8,10H2,1-3H3,(H,15,16);6-8H,2-5,14-15H2,1H3,(H,17,21)(H,16,19,20)/b;10-6-,11-7+. The Morgan fingerprint density at radius 1 is 1.11 bits per heavy atom. The van der Waals surface area contributed by atoms with Crippen LogP contribution in [0.1, 0.15) is 69.5 Å². The summed E-state index contributed by atoms with van der Waals surface area (Å²) in [6, 6.07) is 8.35. The minimum absolute atomic E-state index is 0.136. The van der Waals surface area contributed by atoms with Crippen LogP contribution in [0.5, 0.6) is 0 Å². The number of carbonyl (C=O) groups is 3. The van der Waals surface area contributed by atoms with Gasteiger partial charge >= 0.3 is 0 Å². The molecular weight excluding hydrogens is 502 g/mol. The molecular formula is C27H41N7O3S. The molecule has 208 valence electrons. The molecule has 0 spiro atoms. The number of hydrogen-bond acceptors (Lipinski definition) is 8. The van der Waals surface area contributed by atoms with Crippen molar-refractivity contribution in [3.8, 4) is 0 Å². The highest BCUT2D eigenvalue weighted by Gasteiger charge is 2.05. The van der Waals surface area contributed by atoms with Gasteiger partial charge in [-0.3, -0.25) is 14.4 Å². The number of nitrogens with two attached hydrogens (primary N) is 2. The highest BCUT2D eigenvalue weighted by atomic mass is 32.1. The third-order valence-corrected chi connectivity index (χ3v) is 5.95. The molecule has 1 heterocycles. The van der Waals surface area contributed by atoms with Gasteiger partial charge in [0, 0.05) is 32.0 Å². The Morgan fingerprint density at radius 3 is 2.50 bits per heavy atom. The minimum Gasteiger partial charge on any atom is -0.402 e. The van der Waals surface area contributed by atoms with E-state index in [-0.39, 0.29) is 17.6 Å². The summed E-state index contributed by atoms with van der Waals surface area (Å²) in [7, 11) is 0. The second-order valence-electron chi connectivity index (χ2n) is 9.06. The predicted molar refractivity (Wildman–Crippen MR) is 153 cm³/mol. The first kappa shape index (κ1) is 32.3. The first-order valence-electron chi connectivity index (χ1n) is 12.7. The van der Waals surface area contributed by atoms with Gasteiger partial charge in [0.2, 0.25) is 23.4 Å². The molecule has 0 radical (unpaired) electrons. The summed E-state index contributed by atoms with van der Waals surface area (Å²) in [6.45, 7) is 8.27. The predicted octanol–water partition coefficient (Wildman–Crippen LogP) is 3.51. The Hall–Kier alpha value is -3.73. The number of rotatable bonds is 14. The largest absolute Gasteiger partial charge is 0.402 e. The number of unbranched alkanes of at least 4 members (excludes halogenated alkanes) is 1. The number of hydrogen-bond donors (Lipinski definition) is 5. The Labute approximate surface area is 229 Å². The average Bonchev–Trinajstić information content (AvgIpc) is 3.31. The van der Waals surface area contributed by atoms with Crippen molar-refractivity contribution in [1.29, 1.82) is 0 Å². The Kier molecular flexibility index (Phi) is 15.7. The number of carbonyl (C=O) groups excluding carboxylic acids is 3. The van der Waals surface area contributed by atoms with Crippen LogP contribution < -0.4 is 27.4 Å². The number of aromatic nitrogens is 2. The third kappa shape index (κ3) is 15.4. The van der Waals surface area contributed by atoms with Crippen LogP contribution in [0.15, 0.2) is 47.9 Å². The summed E-state index contributed by atoms with van der Waals surface area (Å²) in [5.41, 5.74) is 14.6. The molecule has 10 nitrogen and oxygen atoms in total. The van der Waals surface area contributed by atoms with Crippen LogP contribution in [-0.4, -0.2) is 28.4 Å². The van der Waals surface area contributed by atoms with Gasteiger partial charge in [-0.15, -0.1) is 10.2 Å². The third-order valence-electron chi connectivity index (χ3n) is 5.04. The number of allylic oxidation sites excluding steroid dienone is 3. The molecule has 2 aromatic rings. The lowest BCUT2D eigenvalue weighted by atomic mass is 10.1. The molecule has 0 fully saturated rings. The average molecular weight is 544 g/mol. The minimum atomic E-state index is -0.221. The molecule has 1 aromatic carbocycles. The van der Waals surface area contributed by atoms with Crippen molar-refractivity contribution in [2.75, 3.05) is 5.32 Å². The van der Waals surface area contributed by atoms with E-state index in [1.165, 1.54) is 29.4 Å². The monoisotopic (exact) mass is 543 g/mol. The maximum Gasteiger partial charge on any atom is 0.222 e. The van der Waals surface area contributed by atoms with E-state index < -0.39 is 0 Å². The lowest BCUT2D eigenvalue weighted by Gasteiger charge is -2.08. The summed E-state index contributed by atoms with van der Waals surface area (Å²) in [6.07, 6.45) is 8.79. The quantitative estimate of drug-likeness (QED) is 0.138. The molecule has 11 heteroatoms. The van der Waals surface area contributed by atoms with Gasteiger partial charge in [-0.2, -0.15) is 0 Å². The lowest BCUT2D eigenvalue weighted by molar-refractivity contribution is -0.122. The molecule has 1 aromatic heterocycles. The zero-order chi connectivity index (χ0) is 28.3. The van der Waals surface area contributed by atoms with Crippen molar-refractivity contribution in [3.05, 3.63) is 64.1 Å². The van der Waals surface area contributed by atoms with Gasteiger partial charge in [0.15, 0.2) is 0 Å². The highest BCUT2D eigenvalue weighted by molar-refractivity contribution is 7.15. The van der Waals surface area contributed by atoms with E-state index in [2.05, 4.69) is 65.1 Å². The van der Waals surface area contributed by atoms with Gasteiger partial charge < -0.3 is 27.4 Å². The molecule has 7 N–H and O–H groups in total. The van der Waals surface area contributed by atoms with E-state index in [9.17, 15) is 14.4 Å². The molecule has 0 unspecified atom stereocenters. The first-order chi connectivity index (χ1) is 18.1. The zero-order valence-corrected chi connectivity index (χ0v) is 23.6. The summed E-state index contributed by atoms with van der Waals surface area (Å²) in [5.74, 6) is 0.597. The topological polar surface area (TPSA) is 165 Å². The Bertz CT molecular complexity index is 1080. The van der Waals surface area contributed by atoms with E-state index in [0.29, 0.717) is 36.1 Å². The molecule has 0 aliphatic carbocycles. The van der Waals surface area contributed by atoms with E-state index >= 15 is 0 Å². The SMILES string of the molecule is CC(=O)N/C(N)=C/C=C(\N)CCCCc1nnc(NC=O)s1.CCc1cccc(CNC(=O)CC(C)C)c1. The maximum absolute atomic E-state index is 11.5. The molecule has 0 aliphatic heterocycles. The molecule has 0 saturated heterocycles. The highest BCUT2D eigenvalue weighted by Crippen LogP contribution is 2.17. The molecule has 0 bridgehead atoms. The van der Waals surface area contributed by atoms with Gasteiger partial charge in [0.1, 0.15) is 10.8 Å². The smallest absolute Gasteiger partial charge is 0.222 e. The van der Waals surface area contributed by atoms with Crippen molar-refractivity contribution in [2.24, 2.45) is 17.4 Å². The van der Waals surface area contributed by atoms with Gasteiger partial charge in [-0.25, -0.2) is 0 Å². The summed E-state index contributed by atoms with van der Waals surface area (Å²) < 4.78 is 0. The van der Waals surface area contributed by atoms with Crippen LogP contribution in [0.2, 0.25) is 0 Å². The fraction of sp³-hybridized carbons (Fsp3) is 0.444. The van der Waals surface area contributed by atoms with Gasteiger partial charge in [-0.1, -0.05) is 56.4 Å². The van der Waals surface area contributed by atoms with E-state index in [1.54, 1.807) is 12.2 Å². The Balaban J connectivity index is 0.000000399. The number of nitrogens with one attached hydrogen (secondary N) is 3. The van der Waals surface area contributed by atoms with Crippen LogP contribution >= 0.6 is 11.3 Å². The van der Waals surface area contributed by atoms with Crippen LogP contribution in [0.4, 0.5) is 5.13 Å². The van der Waals surface area contributed by atoms with Gasteiger partial charge in [-0.05, 0) is 54.9 Å². The second-order valence-corrected chi connectivity index (χ2v) is 10.1. The van der Waals surface area contributed by atoms with Crippen molar-refractivity contribution in [3.63, 3.8) is 0 Å². The zero-order valence-electron chi connectivity index (χ0n) is 22.8. The molecule has 3 amide bonds. The summed E-state index contributed by atoms with van der Waals surface area (Å²) >= 11 is 1.36. The van der Waals surface area contributed by atoms with Crippen molar-refractivity contribution in [2.45, 2.75) is 72.8 Å². The van der Waals surface area contributed by atoms with E-state index in [1.807, 2.05) is 6.07 Å². The molecule has 2 rings (SSSR count). The van der Waals surface area contributed by atoms with Crippen LogP contribution in [0.25, 0.3) is 0 Å². The normalized spacial score (nSPS) is 11.4. The van der Waals surface area contributed by atoms with Gasteiger partial charge in [0.25, 0.3) is 0 Å². The fourth-order valence-electron chi connectivity index (χ4n) is 3.20. The second kappa shape index (κ2) is 18.5. The van der Waals surface area contributed by atoms with Crippen LogP contribution in [0.3, 0.4) is 0 Å². The number of nitrogens with zero attached hydrogens (tertiary/aromatic N) is 2. The first-order valence-corrected chi connectivity index (χ1v) is 13.5. The van der Waals surface area contributed by atoms with Crippen LogP contribution in [0, 0.1) is 5.92 Å². The van der Waals surface area contributed by atoms with Crippen molar-refractivity contribution >= 4 is 34.7 Å².